The van der Waals surface area contributed by atoms with Crippen molar-refractivity contribution in [3.05, 3.63) is 102 Å². The maximum Gasteiger partial charge on any atom is 0.345 e. The van der Waals surface area contributed by atoms with Gasteiger partial charge < -0.3 is 23.7 Å². The van der Waals surface area contributed by atoms with Crippen molar-refractivity contribution in [3.63, 3.8) is 0 Å². The molecule has 2 heterocycles. The van der Waals surface area contributed by atoms with Gasteiger partial charge in [-0.3, -0.25) is 4.79 Å². The Morgan fingerprint density at radius 1 is 0.729 bits per heavy atom. The van der Waals surface area contributed by atoms with Gasteiger partial charge in [0.05, 0.1) is 36.9 Å². The molecule has 3 aromatic carbocycles. The summed E-state index contributed by atoms with van der Waals surface area (Å²) in [6, 6.07) is 21.6. The lowest BCUT2D eigenvalue weighted by atomic mass is 9.67. The number of hydrogen-bond donors (Lipinski definition) is 0. The number of nitrogens with zero attached hydrogens (tertiary/aromatic N) is 1. The normalized spacial score (nSPS) is 24.9. The summed E-state index contributed by atoms with van der Waals surface area (Å²) in [5, 5.41) is 0. The van der Waals surface area contributed by atoms with Crippen LogP contribution in [0.3, 0.4) is 0 Å². The number of fused-ring (bicyclic) bond motifs is 1. The highest BCUT2D eigenvalue weighted by Crippen LogP contribution is 2.72. The third kappa shape index (κ3) is 5.13. The average molecular weight is 680 g/mol. The molecule has 5 rings (SSSR count). The Balaban J connectivity index is 2.03. The van der Waals surface area contributed by atoms with Crippen molar-refractivity contribution >= 4 is 27.9 Å². The minimum absolute atomic E-state index is 0.100. The van der Waals surface area contributed by atoms with E-state index in [1.807, 2.05) is 6.07 Å². The first-order chi connectivity index (χ1) is 23.0. The smallest absolute Gasteiger partial charge is 0.345 e. The van der Waals surface area contributed by atoms with Crippen LogP contribution in [0.4, 0.5) is 0 Å². The number of hydrogen-bond acceptors (Lipinski definition) is 10. The number of benzene rings is 3. The Hall–Kier alpha value is -4.10. The molecule has 0 N–H and O–H groups in total. The van der Waals surface area contributed by atoms with Crippen LogP contribution in [0.5, 0.6) is 0 Å². The van der Waals surface area contributed by atoms with Crippen molar-refractivity contribution in [2.75, 3.05) is 26.4 Å². The van der Waals surface area contributed by atoms with Gasteiger partial charge in [-0.2, -0.15) is 4.31 Å². The topological polar surface area (TPSA) is 135 Å². The van der Waals surface area contributed by atoms with E-state index in [4.69, 9.17) is 23.7 Å². The van der Waals surface area contributed by atoms with E-state index in [0.717, 1.165) is 9.87 Å². The van der Waals surface area contributed by atoms with Gasteiger partial charge in [0.25, 0.3) is 5.54 Å². The number of carbonyl (C=O) groups excluding carboxylic acids is 3. The maximum absolute atomic E-state index is 15.3. The summed E-state index contributed by atoms with van der Waals surface area (Å²) in [7, 11) is -4.89. The van der Waals surface area contributed by atoms with Crippen molar-refractivity contribution in [2.24, 2.45) is 5.41 Å². The van der Waals surface area contributed by atoms with E-state index >= 15 is 8.42 Å². The highest BCUT2D eigenvalue weighted by Gasteiger charge is 2.92. The number of carbonyl (C=O) groups is 3. The quantitative estimate of drug-likeness (QED) is 0.145. The molecule has 0 aromatic heterocycles. The van der Waals surface area contributed by atoms with Gasteiger partial charge in [0.15, 0.2) is 0 Å². The Bertz CT molecular complexity index is 1710. The summed E-state index contributed by atoms with van der Waals surface area (Å²) >= 11 is 0. The predicted octanol–water partition coefficient (Wildman–Crippen LogP) is 5.05. The molecular formula is C36H41NO10S. The van der Waals surface area contributed by atoms with Gasteiger partial charge in [0.1, 0.15) is 5.41 Å². The minimum atomic E-state index is -4.89. The molecule has 48 heavy (non-hydrogen) atoms. The second-order valence-electron chi connectivity index (χ2n) is 11.5. The van der Waals surface area contributed by atoms with Crippen LogP contribution in [0.1, 0.15) is 63.0 Å². The van der Waals surface area contributed by atoms with Gasteiger partial charge in [-0.1, -0.05) is 78.4 Å². The zero-order valence-electron chi connectivity index (χ0n) is 27.7. The maximum atomic E-state index is 15.3. The van der Waals surface area contributed by atoms with E-state index in [1.165, 1.54) is 26.0 Å². The average Bonchev–Trinajstić information content (AvgIpc) is 3.53. The second kappa shape index (κ2) is 13.8. The molecule has 256 valence electrons. The fraction of sp³-hybridized carbons (Fsp3) is 0.417. The van der Waals surface area contributed by atoms with Crippen LogP contribution < -0.4 is 0 Å². The van der Waals surface area contributed by atoms with E-state index in [2.05, 4.69) is 0 Å². The molecule has 2 saturated heterocycles. The lowest BCUT2D eigenvalue weighted by Crippen LogP contribution is -2.73. The summed E-state index contributed by atoms with van der Waals surface area (Å²) in [4.78, 5) is 44.3. The van der Waals surface area contributed by atoms with Crippen LogP contribution in [0.15, 0.2) is 89.8 Å². The number of ether oxygens (including phenoxy) is 5. The summed E-state index contributed by atoms with van der Waals surface area (Å²) < 4.78 is 61.6. The summed E-state index contributed by atoms with van der Waals surface area (Å²) in [5.41, 5.74) is -3.51. The van der Waals surface area contributed by atoms with E-state index in [9.17, 15) is 14.4 Å². The molecule has 0 aliphatic carbocycles. The first-order valence-electron chi connectivity index (χ1n) is 16.1. The van der Waals surface area contributed by atoms with Crippen LogP contribution >= 0.6 is 0 Å². The Labute approximate surface area is 281 Å². The van der Waals surface area contributed by atoms with E-state index in [1.54, 1.807) is 87.5 Å². The molecule has 0 spiro atoms. The van der Waals surface area contributed by atoms with Gasteiger partial charge >= 0.3 is 17.9 Å². The van der Waals surface area contributed by atoms with E-state index in [-0.39, 0.29) is 43.3 Å². The van der Waals surface area contributed by atoms with Crippen molar-refractivity contribution in [1.29, 1.82) is 0 Å². The molecule has 2 aliphatic heterocycles. The molecule has 0 amide bonds. The second-order valence-corrected chi connectivity index (χ2v) is 13.4. The van der Waals surface area contributed by atoms with E-state index in [0.29, 0.717) is 5.56 Å². The molecular weight excluding hydrogens is 638 g/mol. The monoisotopic (exact) mass is 679 g/mol. The summed E-state index contributed by atoms with van der Waals surface area (Å²) in [6.45, 7) is 7.25. The molecule has 12 heteroatoms. The zero-order valence-corrected chi connectivity index (χ0v) is 28.5. The van der Waals surface area contributed by atoms with Crippen LogP contribution in [-0.4, -0.2) is 68.4 Å². The first-order valence-corrected chi connectivity index (χ1v) is 17.5. The van der Waals surface area contributed by atoms with Gasteiger partial charge in [0.2, 0.25) is 15.8 Å². The number of aryl methyl sites for hydroxylation is 1. The van der Waals surface area contributed by atoms with Crippen LogP contribution in [0, 0.1) is 12.3 Å². The Morgan fingerprint density at radius 2 is 1.23 bits per heavy atom. The van der Waals surface area contributed by atoms with Gasteiger partial charge in [-0.05, 0) is 57.9 Å². The van der Waals surface area contributed by atoms with Gasteiger partial charge in [-0.15, -0.1) is 0 Å². The van der Waals surface area contributed by atoms with Crippen LogP contribution in [0.25, 0.3) is 0 Å². The van der Waals surface area contributed by atoms with Gasteiger partial charge in [-0.25, -0.2) is 18.0 Å². The molecule has 0 saturated carbocycles. The third-order valence-corrected chi connectivity index (χ3v) is 10.8. The predicted molar refractivity (Wildman–Crippen MR) is 174 cm³/mol. The fourth-order valence-corrected chi connectivity index (χ4v) is 9.04. The summed E-state index contributed by atoms with van der Waals surface area (Å²) in [6.07, 6.45) is -1.18. The summed E-state index contributed by atoms with van der Waals surface area (Å²) in [5.74, 6) is -6.18. The molecule has 11 nitrogen and oxygen atoms in total. The number of esters is 3. The van der Waals surface area contributed by atoms with Crippen molar-refractivity contribution in [2.45, 2.75) is 69.4 Å². The Morgan fingerprint density at radius 3 is 1.73 bits per heavy atom. The Kier molecular flexibility index (Phi) is 10.1. The SMILES string of the molecule is CCOC(=O)C1(C(=O)OCC)N(S(=O)(=O)c2ccc(C)cc2)[C@H](c2ccccc2)[C@]2(C(=O)OCC)C[C@H](c3ccccc3)O[C@]12OCC. The number of sulfonamides is 1. The molecule has 0 unspecified atom stereocenters. The van der Waals surface area contributed by atoms with Crippen molar-refractivity contribution < 1.29 is 46.5 Å². The zero-order chi connectivity index (χ0) is 34.7. The van der Waals surface area contributed by atoms with Crippen molar-refractivity contribution in [3.8, 4) is 0 Å². The fourth-order valence-electron chi connectivity index (χ4n) is 7.13. The molecule has 0 radical (unpaired) electrons. The molecule has 0 bridgehead atoms. The lowest BCUT2D eigenvalue weighted by molar-refractivity contribution is -0.290. The molecule has 2 aliphatic rings. The van der Waals surface area contributed by atoms with Gasteiger partial charge in [0, 0.05) is 13.0 Å². The van der Waals surface area contributed by atoms with Crippen LogP contribution in [-0.2, 0) is 48.1 Å². The highest BCUT2D eigenvalue weighted by atomic mass is 32.2. The number of rotatable bonds is 12. The standard InChI is InChI=1S/C36H41NO10S/c1-6-43-31(38)34-24-29(26-16-12-10-13-17-26)47-36(34,46-9-4)35(32(39)44-7-2,33(40)45-8-3)37(30(34)27-18-14-11-15-19-27)48(41,42)28-22-20-25(5)21-23-28/h10-23,29-30H,6-9,24H2,1-5H3/t29-,30-,34+,36+/m1/s1. The lowest BCUT2D eigenvalue weighted by Gasteiger charge is -2.44. The third-order valence-electron chi connectivity index (χ3n) is 8.90. The minimum Gasteiger partial charge on any atom is -0.465 e. The molecule has 2 fully saturated rings. The first kappa shape index (κ1) is 35.2. The van der Waals surface area contributed by atoms with E-state index < -0.39 is 56.8 Å². The van der Waals surface area contributed by atoms with Crippen molar-refractivity contribution in [1.82, 2.24) is 4.31 Å². The largest absolute Gasteiger partial charge is 0.465 e. The highest BCUT2D eigenvalue weighted by molar-refractivity contribution is 7.89. The van der Waals surface area contributed by atoms with Crippen LogP contribution in [0.2, 0.25) is 0 Å². The molecule has 3 aromatic rings. The molecule has 4 atom stereocenters.